The highest BCUT2D eigenvalue weighted by Gasteiger charge is 2.11. The first kappa shape index (κ1) is 15.4. The molecular formula is C18H14N4O2. The van der Waals surface area contributed by atoms with Crippen molar-refractivity contribution < 1.29 is 9.59 Å². The summed E-state index contributed by atoms with van der Waals surface area (Å²) in [6.07, 6.45) is 4.28. The average molecular weight is 318 g/mol. The maximum atomic E-state index is 12.4. The van der Waals surface area contributed by atoms with Crippen LogP contribution in [0.3, 0.4) is 0 Å². The maximum absolute atomic E-state index is 12.4. The number of hydrogen-bond donors (Lipinski definition) is 2. The Morgan fingerprint density at radius 1 is 1.00 bits per heavy atom. The molecule has 0 saturated heterocycles. The fourth-order valence-corrected chi connectivity index (χ4v) is 2.22. The summed E-state index contributed by atoms with van der Waals surface area (Å²) in [5, 5.41) is 6.32. The second kappa shape index (κ2) is 6.70. The van der Waals surface area contributed by atoms with Crippen LogP contribution in [0, 0.1) is 0 Å². The van der Waals surface area contributed by atoms with Crippen molar-refractivity contribution in [1.82, 2.24) is 9.97 Å². The van der Waals surface area contributed by atoms with E-state index in [0.717, 1.165) is 11.5 Å². The number of amides is 2. The van der Waals surface area contributed by atoms with Gasteiger partial charge in [-0.25, -0.2) is 0 Å². The SMILES string of the molecule is C=CC(=O)Nc1ccnc(C(=O)Nc2cccc3cccnc23)c1. The van der Waals surface area contributed by atoms with Crippen LogP contribution in [0.1, 0.15) is 10.5 Å². The molecule has 0 radical (unpaired) electrons. The highest BCUT2D eigenvalue weighted by atomic mass is 16.2. The fraction of sp³-hybridized carbons (Fsp3) is 0. The molecule has 24 heavy (non-hydrogen) atoms. The van der Waals surface area contributed by atoms with Gasteiger partial charge in [-0.2, -0.15) is 0 Å². The molecule has 2 aromatic heterocycles. The Morgan fingerprint density at radius 3 is 2.67 bits per heavy atom. The number of carbonyl (C=O) groups excluding carboxylic acids is 2. The van der Waals surface area contributed by atoms with Crippen molar-refractivity contribution in [3.63, 3.8) is 0 Å². The molecule has 0 aliphatic heterocycles. The van der Waals surface area contributed by atoms with Crippen LogP contribution in [0.2, 0.25) is 0 Å². The zero-order chi connectivity index (χ0) is 16.9. The van der Waals surface area contributed by atoms with Crippen LogP contribution in [0.15, 0.2) is 67.5 Å². The van der Waals surface area contributed by atoms with Gasteiger partial charge in [0, 0.05) is 23.5 Å². The summed E-state index contributed by atoms with van der Waals surface area (Å²) < 4.78 is 0. The molecule has 6 nitrogen and oxygen atoms in total. The van der Waals surface area contributed by atoms with Crippen LogP contribution in [0.25, 0.3) is 10.9 Å². The number of carbonyl (C=O) groups is 2. The molecule has 118 valence electrons. The lowest BCUT2D eigenvalue weighted by molar-refractivity contribution is -0.111. The maximum Gasteiger partial charge on any atom is 0.274 e. The van der Waals surface area contributed by atoms with Gasteiger partial charge < -0.3 is 10.6 Å². The third kappa shape index (κ3) is 3.27. The monoisotopic (exact) mass is 318 g/mol. The molecule has 0 aliphatic carbocycles. The zero-order valence-corrected chi connectivity index (χ0v) is 12.7. The van der Waals surface area contributed by atoms with Crippen molar-refractivity contribution in [1.29, 1.82) is 0 Å². The fourth-order valence-electron chi connectivity index (χ4n) is 2.22. The Hall–Kier alpha value is -3.54. The normalized spacial score (nSPS) is 10.2. The highest BCUT2D eigenvalue weighted by Crippen LogP contribution is 2.21. The summed E-state index contributed by atoms with van der Waals surface area (Å²) in [5.41, 5.74) is 1.95. The van der Waals surface area contributed by atoms with Gasteiger partial charge in [0.15, 0.2) is 0 Å². The summed E-state index contributed by atoms with van der Waals surface area (Å²) in [6.45, 7) is 3.39. The summed E-state index contributed by atoms with van der Waals surface area (Å²) in [6, 6.07) is 12.4. The molecule has 0 unspecified atom stereocenters. The second-order valence-corrected chi connectivity index (χ2v) is 4.96. The Bertz CT molecular complexity index is 932. The smallest absolute Gasteiger partial charge is 0.274 e. The van der Waals surface area contributed by atoms with Gasteiger partial charge in [0.05, 0.1) is 11.2 Å². The van der Waals surface area contributed by atoms with Crippen LogP contribution in [0.5, 0.6) is 0 Å². The lowest BCUT2D eigenvalue weighted by atomic mass is 10.2. The Labute approximate surface area is 138 Å². The molecule has 0 saturated carbocycles. The lowest BCUT2D eigenvalue weighted by Gasteiger charge is -2.08. The third-order valence-corrected chi connectivity index (χ3v) is 3.33. The number of aromatic nitrogens is 2. The van der Waals surface area contributed by atoms with E-state index in [1.54, 1.807) is 18.3 Å². The third-order valence-electron chi connectivity index (χ3n) is 3.33. The molecule has 0 aliphatic rings. The van der Waals surface area contributed by atoms with E-state index >= 15 is 0 Å². The molecule has 0 spiro atoms. The van der Waals surface area contributed by atoms with Crippen LogP contribution >= 0.6 is 0 Å². The number of nitrogens with zero attached hydrogens (tertiary/aromatic N) is 2. The van der Waals surface area contributed by atoms with Gasteiger partial charge in [-0.15, -0.1) is 0 Å². The number of pyridine rings is 2. The quantitative estimate of drug-likeness (QED) is 0.724. The Kier molecular flexibility index (Phi) is 4.29. The number of nitrogens with one attached hydrogen (secondary N) is 2. The van der Waals surface area contributed by atoms with E-state index < -0.39 is 0 Å². The van der Waals surface area contributed by atoms with Gasteiger partial charge in [-0.3, -0.25) is 19.6 Å². The molecule has 2 N–H and O–H groups in total. The van der Waals surface area contributed by atoms with Gasteiger partial charge in [0.1, 0.15) is 5.69 Å². The predicted octanol–water partition coefficient (Wildman–Crippen LogP) is 3.01. The average Bonchev–Trinajstić information content (AvgIpc) is 2.62. The standard InChI is InChI=1S/C18H14N4O2/c1-2-16(23)21-13-8-10-19-15(11-13)18(24)22-14-7-3-5-12-6-4-9-20-17(12)14/h2-11H,1H2,(H,22,24)(H,19,21,23). The molecule has 6 heteroatoms. The van der Waals surface area contributed by atoms with Crippen LogP contribution in [0.4, 0.5) is 11.4 Å². The van der Waals surface area contributed by atoms with E-state index in [1.165, 1.54) is 12.3 Å². The van der Waals surface area contributed by atoms with Gasteiger partial charge in [-0.1, -0.05) is 24.8 Å². The van der Waals surface area contributed by atoms with Crippen LogP contribution in [-0.4, -0.2) is 21.8 Å². The largest absolute Gasteiger partial charge is 0.322 e. The van der Waals surface area contributed by atoms with E-state index in [0.29, 0.717) is 16.9 Å². The minimum Gasteiger partial charge on any atom is -0.322 e. The number of hydrogen-bond acceptors (Lipinski definition) is 4. The zero-order valence-electron chi connectivity index (χ0n) is 12.7. The Balaban J connectivity index is 1.85. The minimum absolute atomic E-state index is 0.185. The number of para-hydroxylation sites is 1. The van der Waals surface area contributed by atoms with E-state index in [4.69, 9.17) is 0 Å². The summed E-state index contributed by atoms with van der Waals surface area (Å²) in [7, 11) is 0. The van der Waals surface area contributed by atoms with Crippen LogP contribution < -0.4 is 10.6 Å². The van der Waals surface area contributed by atoms with Crippen molar-refractivity contribution in [3.8, 4) is 0 Å². The molecule has 0 fully saturated rings. The van der Waals surface area contributed by atoms with Gasteiger partial charge in [0.2, 0.25) is 5.91 Å². The summed E-state index contributed by atoms with van der Waals surface area (Å²) >= 11 is 0. The van der Waals surface area contributed by atoms with Gasteiger partial charge >= 0.3 is 0 Å². The van der Waals surface area contributed by atoms with Crippen molar-refractivity contribution in [2.45, 2.75) is 0 Å². The molecule has 3 aromatic rings. The molecule has 1 aromatic carbocycles. The van der Waals surface area contributed by atoms with Crippen molar-refractivity contribution in [2.24, 2.45) is 0 Å². The molecule has 0 atom stereocenters. The molecule has 2 heterocycles. The van der Waals surface area contributed by atoms with E-state index in [9.17, 15) is 9.59 Å². The van der Waals surface area contributed by atoms with Crippen molar-refractivity contribution in [2.75, 3.05) is 10.6 Å². The number of rotatable bonds is 4. The molecular weight excluding hydrogens is 304 g/mol. The first-order valence-corrected chi connectivity index (χ1v) is 7.22. The first-order chi connectivity index (χ1) is 11.7. The summed E-state index contributed by atoms with van der Waals surface area (Å²) in [4.78, 5) is 32.1. The van der Waals surface area contributed by atoms with Gasteiger partial charge in [0.25, 0.3) is 5.91 Å². The minimum atomic E-state index is -0.386. The molecule has 0 bridgehead atoms. The Morgan fingerprint density at radius 2 is 1.83 bits per heavy atom. The predicted molar refractivity (Wildman–Crippen MR) is 92.8 cm³/mol. The number of anilines is 2. The number of fused-ring (bicyclic) bond motifs is 1. The first-order valence-electron chi connectivity index (χ1n) is 7.22. The number of benzene rings is 1. The summed E-state index contributed by atoms with van der Waals surface area (Å²) in [5.74, 6) is -0.742. The van der Waals surface area contributed by atoms with Gasteiger partial charge in [-0.05, 0) is 30.3 Å². The highest BCUT2D eigenvalue weighted by molar-refractivity contribution is 6.08. The second-order valence-electron chi connectivity index (χ2n) is 4.96. The van der Waals surface area contributed by atoms with E-state index in [1.807, 2.05) is 24.3 Å². The topological polar surface area (TPSA) is 84.0 Å². The molecule has 3 rings (SSSR count). The van der Waals surface area contributed by atoms with Crippen molar-refractivity contribution >= 4 is 34.1 Å². The van der Waals surface area contributed by atoms with E-state index in [2.05, 4.69) is 27.2 Å². The van der Waals surface area contributed by atoms with Crippen LogP contribution in [-0.2, 0) is 4.79 Å². The van der Waals surface area contributed by atoms with E-state index in [-0.39, 0.29) is 17.5 Å². The molecule has 2 amide bonds. The van der Waals surface area contributed by atoms with Crippen molar-refractivity contribution in [3.05, 3.63) is 73.2 Å². The lowest BCUT2D eigenvalue weighted by Crippen LogP contribution is -2.15.